The van der Waals surface area contributed by atoms with E-state index in [1.807, 2.05) is 0 Å². The fourth-order valence-corrected chi connectivity index (χ4v) is 3.91. The molecule has 4 nitrogen and oxygen atoms in total. The second kappa shape index (κ2) is 4.39. The van der Waals surface area contributed by atoms with Crippen LogP contribution in [0.1, 0.15) is 32.6 Å². The van der Waals surface area contributed by atoms with E-state index in [2.05, 4.69) is 0 Å². The van der Waals surface area contributed by atoms with Crippen LogP contribution in [0.4, 0.5) is 0 Å². The normalized spacial score (nSPS) is 33.7. The lowest BCUT2D eigenvalue weighted by Crippen LogP contribution is -2.55. The molecule has 0 spiro atoms. The number of morpholine rings is 1. The molecule has 0 amide bonds. The molecule has 0 bridgehead atoms. The Kier molecular flexibility index (Phi) is 3.33. The van der Waals surface area contributed by atoms with Gasteiger partial charge in [0.25, 0.3) is 0 Å². The molecule has 5 heteroatoms. The number of hydrogen-bond acceptors (Lipinski definition) is 3. The highest BCUT2D eigenvalue weighted by molar-refractivity contribution is 7.89. The van der Waals surface area contributed by atoms with E-state index in [-0.39, 0.29) is 17.9 Å². The predicted octanol–water partition coefficient (Wildman–Crippen LogP) is 0.979. The van der Waals surface area contributed by atoms with Crippen LogP contribution in [0.15, 0.2) is 0 Å². The van der Waals surface area contributed by atoms with Crippen molar-refractivity contribution in [1.29, 1.82) is 0 Å². The van der Waals surface area contributed by atoms with Gasteiger partial charge in [0, 0.05) is 6.54 Å². The number of fused-ring (bicyclic) bond motifs is 1. The van der Waals surface area contributed by atoms with Crippen molar-refractivity contribution >= 4 is 10.0 Å². The third kappa shape index (κ3) is 2.19. The molecule has 0 aromatic rings. The molecule has 15 heavy (non-hydrogen) atoms. The molecule has 0 aromatic heterocycles. The molecule has 88 valence electrons. The second-order valence-electron chi connectivity index (χ2n) is 4.27. The summed E-state index contributed by atoms with van der Waals surface area (Å²) < 4.78 is 31.1. The Labute approximate surface area is 91.6 Å². The zero-order valence-corrected chi connectivity index (χ0v) is 10.0. The fraction of sp³-hybridized carbons (Fsp3) is 1.00. The molecular weight excluding hydrogens is 214 g/mol. The summed E-state index contributed by atoms with van der Waals surface area (Å²) in [6.45, 7) is 2.81. The quantitative estimate of drug-likeness (QED) is 0.714. The standard InChI is InChI=1S/C10H19NO3S/c1-2-15(12,13)11-7-8-14-10-6-4-3-5-9(10)11/h9-10H,2-8H2,1H3/t9-,10-/m0/s1. The number of nitrogens with zero attached hydrogens (tertiary/aromatic N) is 1. The molecule has 2 rings (SSSR count). The van der Waals surface area contributed by atoms with Crippen molar-refractivity contribution in [2.75, 3.05) is 18.9 Å². The van der Waals surface area contributed by atoms with Gasteiger partial charge in [0.2, 0.25) is 10.0 Å². The third-order valence-electron chi connectivity index (χ3n) is 3.40. The van der Waals surface area contributed by atoms with E-state index < -0.39 is 10.0 Å². The Hall–Kier alpha value is -0.130. The summed E-state index contributed by atoms with van der Waals surface area (Å²) in [7, 11) is -3.04. The maximum absolute atomic E-state index is 11.9. The van der Waals surface area contributed by atoms with Gasteiger partial charge in [0.05, 0.1) is 24.5 Å². The molecule has 0 radical (unpaired) electrons. The van der Waals surface area contributed by atoms with Crippen LogP contribution >= 0.6 is 0 Å². The van der Waals surface area contributed by atoms with Crippen LogP contribution in [-0.4, -0.2) is 43.8 Å². The van der Waals surface area contributed by atoms with Gasteiger partial charge in [-0.1, -0.05) is 12.8 Å². The third-order valence-corrected chi connectivity index (χ3v) is 5.30. The van der Waals surface area contributed by atoms with Crippen molar-refractivity contribution in [3.05, 3.63) is 0 Å². The Morgan fingerprint density at radius 1 is 1.33 bits per heavy atom. The Bertz CT molecular complexity index is 313. The first-order chi connectivity index (χ1) is 7.15. The summed E-state index contributed by atoms with van der Waals surface area (Å²) in [5, 5.41) is 0. The van der Waals surface area contributed by atoms with Crippen LogP contribution in [0.5, 0.6) is 0 Å². The molecule has 0 aromatic carbocycles. The fourth-order valence-electron chi connectivity index (χ4n) is 2.57. The van der Waals surface area contributed by atoms with Crippen molar-refractivity contribution in [3.8, 4) is 0 Å². The van der Waals surface area contributed by atoms with Crippen molar-refractivity contribution in [1.82, 2.24) is 4.31 Å². The minimum atomic E-state index is -3.04. The van der Waals surface area contributed by atoms with Crippen LogP contribution in [0, 0.1) is 0 Å². The Morgan fingerprint density at radius 3 is 2.80 bits per heavy atom. The van der Waals surface area contributed by atoms with Gasteiger partial charge in [-0.25, -0.2) is 8.42 Å². The van der Waals surface area contributed by atoms with Crippen LogP contribution < -0.4 is 0 Å². The highest BCUT2D eigenvalue weighted by Crippen LogP contribution is 2.30. The van der Waals surface area contributed by atoms with Gasteiger partial charge in [-0.2, -0.15) is 4.31 Å². The zero-order valence-electron chi connectivity index (χ0n) is 9.18. The summed E-state index contributed by atoms with van der Waals surface area (Å²) in [5.74, 6) is 0.205. The average Bonchev–Trinajstić information content (AvgIpc) is 2.28. The van der Waals surface area contributed by atoms with Gasteiger partial charge in [0.1, 0.15) is 0 Å². The largest absolute Gasteiger partial charge is 0.375 e. The highest BCUT2D eigenvalue weighted by atomic mass is 32.2. The minimum absolute atomic E-state index is 0.109. The average molecular weight is 233 g/mol. The molecule has 1 aliphatic carbocycles. The molecule has 0 unspecified atom stereocenters. The SMILES string of the molecule is CCS(=O)(=O)N1CCO[C@H]2CCCC[C@@H]21. The van der Waals surface area contributed by atoms with E-state index >= 15 is 0 Å². The summed E-state index contributed by atoms with van der Waals surface area (Å²) >= 11 is 0. The smallest absolute Gasteiger partial charge is 0.214 e. The van der Waals surface area contributed by atoms with E-state index in [9.17, 15) is 8.42 Å². The van der Waals surface area contributed by atoms with Gasteiger partial charge >= 0.3 is 0 Å². The van der Waals surface area contributed by atoms with Gasteiger partial charge in [-0.15, -0.1) is 0 Å². The lowest BCUT2D eigenvalue weighted by molar-refractivity contribution is -0.0585. The second-order valence-corrected chi connectivity index (χ2v) is 6.48. The number of ether oxygens (including phenoxy) is 1. The van der Waals surface area contributed by atoms with Gasteiger partial charge in [-0.3, -0.25) is 0 Å². The molecule has 2 aliphatic rings. The zero-order chi connectivity index (χ0) is 10.9. The Balaban J connectivity index is 2.17. The summed E-state index contributed by atoms with van der Waals surface area (Å²) in [6, 6.07) is 0.109. The van der Waals surface area contributed by atoms with Crippen molar-refractivity contribution < 1.29 is 13.2 Å². The summed E-state index contributed by atoms with van der Waals surface area (Å²) in [5.41, 5.74) is 0. The van der Waals surface area contributed by atoms with Gasteiger partial charge < -0.3 is 4.74 Å². The lowest BCUT2D eigenvalue weighted by atomic mass is 9.91. The van der Waals surface area contributed by atoms with Crippen LogP contribution in [0.2, 0.25) is 0 Å². The molecule has 1 saturated carbocycles. The molecular formula is C10H19NO3S. The van der Waals surface area contributed by atoms with Crippen LogP contribution in [-0.2, 0) is 14.8 Å². The maximum atomic E-state index is 11.9. The molecule has 0 N–H and O–H groups in total. The van der Waals surface area contributed by atoms with Crippen LogP contribution in [0.25, 0.3) is 0 Å². The first-order valence-corrected chi connectivity index (χ1v) is 7.37. The van der Waals surface area contributed by atoms with Gasteiger partial charge in [-0.05, 0) is 19.8 Å². The first-order valence-electron chi connectivity index (χ1n) is 5.76. The molecule has 1 heterocycles. The molecule has 1 aliphatic heterocycles. The summed E-state index contributed by atoms with van der Waals surface area (Å²) in [4.78, 5) is 0. The van der Waals surface area contributed by atoms with Gasteiger partial charge in [0.15, 0.2) is 0 Å². The van der Waals surface area contributed by atoms with E-state index in [0.29, 0.717) is 13.2 Å². The van der Waals surface area contributed by atoms with E-state index in [4.69, 9.17) is 4.74 Å². The maximum Gasteiger partial charge on any atom is 0.214 e. The van der Waals surface area contributed by atoms with Crippen LogP contribution in [0.3, 0.4) is 0 Å². The predicted molar refractivity (Wildman–Crippen MR) is 58.2 cm³/mol. The minimum Gasteiger partial charge on any atom is -0.375 e. The van der Waals surface area contributed by atoms with E-state index in [0.717, 1.165) is 19.3 Å². The summed E-state index contributed by atoms with van der Waals surface area (Å²) in [6.07, 6.45) is 4.42. The van der Waals surface area contributed by atoms with E-state index in [1.54, 1.807) is 11.2 Å². The van der Waals surface area contributed by atoms with E-state index in [1.165, 1.54) is 6.42 Å². The topological polar surface area (TPSA) is 46.6 Å². The monoisotopic (exact) mass is 233 g/mol. The number of sulfonamides is 1. The highest BCUT2D eigenvalue weighted by Gasteiger charge is 2.39. The molecule has 1 saturated heterocycles. The molecule has 2 fully saturated rings. The first kappa shape index (κ1) is 11.4. The number of hydrogen-bond donors (Lipinski definition) is 0. The van der Waals surface area contributed by atoms with Crippen molar-refractivity contribution in [2.45, 2.75) is 44.8 Å². The number of rotatable bonds is 2. The molecule has 2 atom stereocenters. The Morgan fingerprint density at radius 2 is 2.07 bits per heavy atom. The van der Waals surface area contributed by atoms with Crippen molar-refractivity contribution in [3.63, 3.8) is 0 Å². The lowest BCUT2D eigenvalue weighted by Gasteiger charge is -2.42. The van der Waals surface area contributed by atoms with Crippen molar-refractivity contribution in [2.24, 2.45) is 0 Å².